The Balaban J connectivity index is 1.20. The van der Waals surface area contributed by atoms with Crippen molar-refractivity contribution in [1.29, 1.82) is 0 Å². The Morgan fingerprint density at radius 1 is 0.956 bits per heavy atom. The maximum Gasteiger partial charge on any atom is 0.262 e. The normalized spacial score (nSPS) is 13.6. The van der Waals surface area contributed by atoms with Crippen LogP contribution in [0.25, 0.3) is 0 Å². The van der Waals surface area contributed by atoms with Gasteiger partial charge in [-0.3, -0.25) is 19.2 Å². The largest absolute Gasteiger partial charge is 0.496 e. The molecule has 1 aliphatic carbocycles. The van der Waals surface area contributed by atoms with E-state index in [-0.39, 0.29) is 36.3 Å². The highest BCUT2D eigenvalue weighted by atomic mass is 16.5. The summed E-state index contributed by atoms with van der Waals surface area (Å²) in [5.74, 6) is -0.0309. The van der Waals surface area contributed by atoms with E-state index in [1.165, 1.54) is 7.11 Å². The molecule has 5 N–H and O–H groups in total. The number of ether oxygens (including phenoxy) is 2. The minimum Gasteiger partial charge on any atom is -0.496 e. The number of benzene rings is 3. The first-order valence-electron chi connectivity index (χ1n) is 15.3. The van der Waals surface area contributed by atoms with E-state index in [0.29, 0.717) is 59.2 Å². The van der Waals surface area contributed by atoms with Gasteiger partial charge in [0.2, 0.25) is 0 Å². The molecule has 0 bridgehead atoms. The third kappa shape index (κ3) is 8.18. The van der Waals surface area contributed by atoms with Crippen molar-refractivity contribution in [2.24, 2.45) is 5.73 Å². The molecular weight excluding hydrogens is 574 g/mol. The van der Waals surface area contributed by atoms with Crippen molar-refractivity contribution in [1.82, 2.24) is 10.2 Å². The van der Waals surface area contributed by atoms with Gasteiger partial charge in [-0.25, -0.2) is 0 Å². The van der Waals surface area contributed by atoms with E-state index in [2.05, 4.69) is 16.0 Å². The van der Waals surface area contributed by atoms with Gasteiger partial charge in [-0.05, 0) is 92.4 Å². The zero-order valence-electron chi connectivity index (χ0n) is 25.4. The molecule has 11 heteroatoms. The van der Waals surface area contributed by atoms with E-state index in [9.17, 15) is 19.2 Å². The number of methoxy groups -OCH3 is 1. The van der Waals surface area contributed by atoms with Gasteiger partial charge in [0.15, 0.2) is 6.61 Å². The maximum atomic E-state index is 13.5. The molecule has 1 aliphatic heterocycles. The molecule has 4 amide bonds. The van der Waals surface area contributed by atoms with Gasteiger partial charge in [0.25, 0.3) is 23.6 Å². The average molecular weight is 614 g/mol. The van der Waals surface area contributed by atoms with Crippen LogP contribution in [0.5, 0.6) is 11.5 Å². The van der Waals surface area contributed by atoms with Crippen molar-refractivity contribution in [3.8, 4) is 11.5 Å². The first kappa shape index (κ1) is 31.5. The lowest BCUT2D eigenvalue weighted by Crippen LogP contribution is -2.33. The third-order valence-electron chi connectivity index (χ3n) is 7.79. The number of amides is 4. The molecule has 0 unspecified atom stereocenters. The molecule has 236 valence electrons. The lowest BCUT2D eigenvalue weighted by Gasteiger charge is -2.24. The summed E-state index contributed by atoms with van der Waals surface area (Å²) in [6.45, 7) is 1.55. The summed E-state index contributed by atoms with van der Waals surface area (Å²) >= 11 is 0. The molecule has 2 aliphatic rings. The number of unbranched alkanes of at least 4 members (excludes halogenated alkanes) is 3. The summed E-state index contributed by atoms with van der Waals surface area (Å²) in [6.07, 6.45) is 5.81. The Morgan fingerprint density at radius 3 is 2.44 bits per heavy atom. The highest BCUT2D eigenvalue weighted by Crippen LogP contribution is 2.34. The summed E-state index contributed by atoms with van der Waals surface area (Å²) < 4.78 is 11.1. The fourth-order valence-electron chi connectivity index (χ4n) is 5.17. The van der Waals surface area contributed by atoms with Crippen molar-refractivity contribution in [3.63, 3.8) is 0 Å². The van der Waals surface area contributed by atoms with Gasteiger partial charge < -0.3 is 36.1 Å². The Hall–Kier alpha value is -4.90. The van der Waals surface area contributed by atoms with Crippen molar-refractivity contribution >= 4 is 35.0 Å². The second kappa shape index (κ2) is 14.7. The average Bonchev–Trinajstić information content (AvgIpc) is 3.90. The van der Waals surface area contributed by atoms with Crippen LogP contribution in [-0.2, 0) is 11.3 Å². The topological polar surface area (TPSA) is 152 Å². The molecule has 0 atom stereocenters. The SMILES string of the molecule is COc1cc(CN(C(=O)c2ccc3c(c2)OCC(=O)N3)C2CC2)ccc1C(=O)Nc1ccc(C(=O)NCCCCCCN)cc1. The Labute approximate surface area is 262 Å². The van der Waals surface area contributed by atoms with Crippen molar-refractivity contribution in [2.45, 2.75) is 51.1 Å². The van der Waals surface area contributed by atoms with Crippen LogP contribution in [-0.4, -0.2) is 61.4 Å². The van der Waals surface area contributed by atoms with E-state index in [1.807, 2.05) is 11.0 Å². The van der Waals surface area contributed by atoms with Gasteiger partial charge in [0.05, 0.1) is 18.4 Å². The van der Waals surface area contributed by atoms with Crippen LogP contribution in [0.3, 0.4) is 0 Å². The molecule has 1 fully saturated rings. The third-order valence-corrected chi connectivity index (χ3v) is 7.79. The molecule has 0 radical (unpaired) electrons. The number of carbonyl (C=O) groups is 4. The summed E-state index contributed by atoms with van der Waals surface area (Å²) in [7, 11) is 1.50. The van der Waals surface area contributed by atoms with E-state index in [0.717, 1.165) is 44.1 Å². The molecule has 11 nitrogen and oxygen atoms in total. The van der Waals surface area contributed by atoms with Gasteiger partial charge in [-0.2, -0.15) is 0 Å². The number of nitrogens with two attached hydrogens (primary N) is 1. The minimum atomic E-state index is -0.357. The molecule has 45 heavy (non-hydrogen) atoms. The minimum absolute atomic E-state index is 0.0876. The van der Waals surface area contributed by atoms with Crippen LogP contribution < -0.4 is 31.2 Å². The molecule has 5 rings (SSSR count). The van der Waals surface area contributed by atoms with Gasteiger partial charge >= 0.3 is 0 Å². The lowest BCUT2D eigenvalue weighted by atomic mass is 10.1. The Kier molecular flexibility index (Phi) is 10.3. The fourth-order valence-corrected chi connectivity index (χ4v) is 5.17. The smallest absolute Gasteiger partial charge is 0.262 e. The maximum absolute atomic E-state index is 13.5. The van der Waals surface area contributed by atoms with Gasteiger partial charge in [0, 0.05) is 35.9 Å². The molecule has 0 spiro atoms. The molecule has 1 saturated carbocycles. The van der Waals surface area contributed by atoms with Gasteiger partial charge in [-0.1, -0.05) is 18.9 Å². The number of nitrogens with one attached hydrogen (secondary N) is 3. The second-order valence-electron chi connectivity index (χ2n) is 11.2. The summed E-state index contributed by atoms with van der Waals surface area (Å²) in [6, 6.07) is 17.1. The zero-order valence-corrected chi connectivity index (χ0v) is 25.4. The first-order valence-corrected chi connectivity index (χ1v) is 15.3. The van der Waals surface area contributed by atoms with Crippen LogP contribution in [0, 0.1) is 0 Å². The standard InChI is InChI=1S/C34H39N5O6/c1-44-29-18-22(20-39(26-12-13-26)34(43)24-9-15-28-30(19-24)45-21-31(40)38-28)6-14-27(29)33(42)37-25-10-7-23(8-11-25)32(41)36-17-5-3-2-4-16-35/h6-11,14-15,18-19,26H,2-5,12-13,16-17,20-21,35H2,1H3,(H,36,41)(H,37,42)(H,38,40). The highest BCUT2D eigenvalue weighted by molar-refractivity contribution is 6.06. The number of rotatable bonds is 14. The number of fused-ring (bicyclic) bond motifs is 1. The number of hydrogen-bond acceptors (Lipinski definition) is 7. The second-order valence-corrected chi connectivity index (χ2v) is 11.2. The monoisotopic (exact) mass is 613 g/mol. The Bertz CT molecular complexity index is 1550. The molecule has 0 saturated heterocycles. The van der Waals surface area contributed by atoms with Crippen LogP contribution >= 0.6 is 0 Å². The van der Waals surface area contributed by atoms with Crippen LogP contribution in [0.4, 0.5) is 11.4 Å². The summed E-state index contributed by atoms with van der Waals surface area (Å²) in [5.41, 5.74) is 8.75. The van der Waals surface area contributed by atoms with Crippen LogP contribution in [0.2, 0.25) is 0 Å². The Morgan fingerprint density at radius 2 is 1.71 bits per heavy atom. The van der Waals surface area contributed by atoms with Crippen LogP contribution in [0.15, 0.2) is 60.7 Å². The molecular formula is C34H39N5O6. The van der Waals surface area contributed by atoms with Gasteiger partial charge in [-0.15, -0.1) is 0 Å². The highest BCUT2D eigenvalue weighted by Gasteiger charge is 2.34. The predicted molar refractivity (Wildman–Crippen MR) is 171 cm³/mol. The molecule has 3 aromatic rings. The quantitative estimate of drug-likeness (QED) is 0.198. The van der Waals surface area contributed by atoms with Crippen molar-refractivity contribution in [2.75, 3.05) is 37.4 Å². The first-order chi connectivity index (χ1) is 21.9. The summed E-state index contributed by atoms with van der Waals surface area (Å²) in [5, 5.41) is 8.52. The number of nitrogens with zero attached hydrogens (tertiary/aromatic N) is 1. The zero-order chi connectivity index (χ0) is 31.8. The van der Waals surface area contributed by atoms with Gasteiger partial charge in [0.1, 0.15) is 11.5 Å². The molecule has 0 aromatic heterocycles. The fraction of sp³-hybridized carbons (Fsp3) is 0.353. The van der Waals surface area contributed by atoms with E-state index < -0.39 is 0 Å². The molecule has 3 aromatic carbocycles. The molecule has 1 heterocycles. The number of hydrogen-bond donors (Lipinski definition) is 4. The lowest BCUT2D eigenvalue weighted by molar-refractivity contribution is -0.118. The number of carbonyl (C=O) groups excluding carboxylic acids is 4. The van der Waals surface area contributed by atoms with E-state index >= 15 is 0 Å². The summed E-state index contributed by atoms with van der Waals surface area (Å²) in [4.78, 5) is 52.6. The predicted octanol–water partition coefficient (Wildman–Crippen LogP) is 4.33. The van der Waals surface area contributed by atoms with E-state index in [1.54, 1.807) is 54.6 Å². The van der Waals surface area contributed by atoms with Crippen LogP contribution in [0.1, 0.15) is 75.2 Å². The van der Waals surface area contributed by atoms with Crippen molar-refractivity contribution < 1.29 is 28.7 Å². The number of anilines is 2. The van der Waals surface area contributed by atoms with Crippen molar-refractivity contribution in [3.05, 3.63) is 82.9 Å². The van der Waals surface area contributed by atoms with E-state index in [4.69, 9.17) is 15.2 Å².